The third-order valence-electron chi connectivity index (χ3n) is 3.20. The van der Waals surface area contributed by atoms with E-state index in [-0.39, 0.29) is 0 Å². The maximum absolute atomic E-state index is 10.5. The summed E-state index contributed by atoms with van der Waals surface area (Å²) in [5.74, 6) is 0.703. The summed E-state index contributed by atoms with van der Waals surface area (Å²) in [5, 5.41) is 10.5. The van der Waals surface area contributed by atoms with Gasteiger partial charge < -0.3 is 9.84 Å². The van der Waals surface area contributed by atoms with Crippen LogP contribution in [-0.2, 0) is 0 Å². The molecule has 0 spiro atoms. The molecule has 19 heavy (non-hydrogen) atoms. The third-order valence-corrected chi connectivity index (χ3v) is 4.05. The summed E-state index contributed by atoms with van der Waals surface area (Å²) in [6, 6.07) is 11.7. The van der Waals surface area contributed by atoms with E-state index >= 15 is 0 Å². The molecular weight excluding hydrogens is 304 g/mol. The van der Waals surface area contributed by atoms with E-state index in [0.29, 0.717) is 5.75 Å². The van der Waals surface area contributed by atoms with Crippen molar-refractivity contribution in [2.75, 3.05) is 7.11 Å². The number of hydrogen-bond donors (Lipinski definition) is 1. The minimum absolute atomic E-state index is 0.688. The van der Waals surface area contributed by atoms with Gasteiger partial charge in [0.2, 0.25) is 0 Å². The fourth-order valence-electron chi connectivity index (χ4n) is 1.99. The molecule has 2 nitrogen and oxygen atoms in total. The summed E-state index contributed by atoms with van der Waals surface area (Å²) in [4.78, 5) is 0. The molecule has 100 valence electrons. The Kier molecular flexibility index (Phi) is 4.27. The zero-order valence-electron chi connectivity index (χ0n) is 11.3. The first kappa shape index (κ1) is 14.1. The molecule has 0 saturated heterocycles. The van der Waals surface area contributed by atoms with Crippen molar-refractivity contribution >= 4 is 15.9 Å². The molecule has 0 bridgehead atoms. The highest BCUT2D eigenvalue weighted by Crippen LogP contribution is 2.34. The van der Waals surface area contributed by atoms with E-state index in [1.165, 1.54) is 5.56 Å². The average Bonchev–Trinajstić information content (AvgIpc) is 2.41. The van der Waals surface area contributed by atoms with Crippen LogP contribution in [0.15, 0.2) is 40.9 Å². The van der Waals surface area contributed by atoms with Crippen LogP contribution >= 0.6 is 15.9 Å². The lowest BCUT2D eigenvalue weighted by molar-refractivity contribution is 0.214. The van der Waals surface area contributed by atoms with Gasteiger partial charge in [-0.15, -0.1) is 0 Å². The van der Waals surface area contributed by atoms with E-state index in [9.17, 15) is 5.11 Å². The molecule has 1 N–H and O–H groups in total. The van der Waals surface area contributed by atoms with E-state index in [4.69, 9.17) is 4.74 Å². The molecule has 0 radical (unpaired) electrons. The number of hydrogen-bond acceptors (Lipinski definition) is 2. The molecule has 0 aliphatic carbocycles. The van der Waals surface area contributed by atoms with Crippen molar-refractivity contribution in [1.29, 1.82) is 0 Å². The Morgan fingerprint density at radius 3 is 2.32 bits per heavy atom. The zero-order chi connectivity index (χ0) is 14.0. The largest absolute Gasteiger partial charge is 0.496 e. The number of benzene rings is 2. The van der Waals surface area contributed by atoms with Gasteiger partial charge >= 0.3 is 0 Å². The Hall–Kier alpha value is -1.32. The molecular formula is C16H17BrO2. The van der Waals surface area contributed by atoms with Crippen molar-refractivity contribution in [3.63, 3.8) is 0 Å². The molecule has 0 aromatic heterocycles. The summed E-state index contributed by atoms with van der Waals surface area (Å²) < 4.78 is 6.33. The summed E-state index contributed by atoms with van der Waals surface area (Å²) in [5.41, 5.74) is 3.88. The van der Waals surface area contributed by atoms with Gasteiger partial charge in [0.25, 0.3) is 0 Å². The van der Waals surface area contributed by atoms with Gasteiger partial charge in [-0.3, -0.25) is 0 Å². The van der Waals surface area contributed by atoms with E-state index in [0.717, 1.165) is 21.2 Å². The fraction of sp³-hybridized carbons (Fsp3) is 0.250. The van der Waals surface area contributed by atoms with Gasteiger partial charge in [0.05, 0.1) is 7.11 Å². The van der Waals surface area contributed by atoms with E-state index in [2.05, 4.69) is 15.9 Å². The Balaban J connectivity index is 2.45. The second-order valence-electron chi connectivity index (χ2n) is 4.66. The lowest BCUT2D eigenvalue weighted by Gasteiger charge is -2.17. The predicted molar refractivity (Wildman–Crippen MR) is 80.7 cm³/mol. The Bertz CT molecular complexity index is 576. The third kappa shape index (κ3) is 2.99. The average molecular weight is 321 g/mol. The molecule has 1 atom stereocenters. The van der Waals surface area contributed by atoms with Gasteiger partial charge in [-0.2, -0.15) is 0 Å². The molecule has 2 rings (SSSR count). The Labute approximate surface area is 122 Å². The van der Waals surface area contributed by atoms with Gasteiger partial charge in [-0.05, 0) is 37.1 Å². The molecule has 0 heterocycles. The predicted octanol–water partition coefficient (Wildman–Crippen LogP) is 4.16. The highest BCUT2D eigenvalue weighted by molar-refractivity contribution is 9.10. The summed E-state index contributed by atoms with van der Waals surface area (Å²) in [6.45, 7) is 4.02. The van der Waals surface area contributed by atoms with Crippen LogP contribution in [-0.4, -0.2) is 12.2 Å². The van der Waals surface area contributed by atoms with Crippen molar-refractivity contribution in [2.45, 2.75) is 20.0 Å². The van der Waals surface area contributed by atoms with E-state index in [1.807, 2.05) is 50.2 Å². The number of methoxy groups -OCH3 is 1. The first-order valence-electron chi connectivity index (χ1n) is 6.11. The summed E-state index contributed by atoms with van der Waals surface area (Å²) >= 11 is 3.50. The number of aryl methyl sites for hydroxylation is 2. The molecule has 1 unspecified atom stereocenters. The van der Waals surface area contributed by atoms with Crippen molar-refractivity contribution < 1.29 is 9.84 Å². The Morgan fingerprint density at radius 2 is 1.74 bits per heavy atom. The fourth-order valence-corrected chi connectivity index (χ4v) is 2.35. The number of aliphatic hydroxyl groups excluding tert-OH is 1. The SMILES string of the molecule is COc1cc(C)c(Br)cc1C(O)c1ccc(C)cc1. The van der Waals surface area contributed by atoms with Crippen LogP contribution < -0.4 is 4.74 Å². The zero-order valence-corrected chi connectivity index (χ0v) is 12.9. The van der Waals surface area contributed by atoms with Gasteiger partial charge in [0, 0.05) is 10.0 Å². The highest BCUT2D eigenvalue weighted by atomic mass is 79.9. The summed E-state index contributed by atoms with van der Waals surface area (Å²) in [7, 11) is 1.62. The molecule has 0 aliphatic heterocycles. The van der Waals surface area contributed by atoms with Gasteiger partial charge in [0.15, 0.2) is 0 Å². The van der Waals surface area contributed by atoms with Crippen molar-refractivity contribution in [1.82, 2.24) is 0 Å². The molecule has 0 aliphatic rings. The van der Waals surface area contributed by atoms with Crippen LogP contribution in [0.5, 0.6) is 5.75 Å². The minimum atomic E-state index is -0.688. The van der Waals surface area contributed by atoms with Crippen LogP contribution in [0.1, 0.15) is 28.4 Å². The smallest absolute Gasteiger partial charge is 0.125 e. The summed E-state index contributed by atoms with van der Waals surface area (Å²) in [6.07, 6.45) is -0.688. The van der Waals surface area contributed by atoms with Gasteiger partial charge in [0.1, 0.15) is 11.9 Å². The van der Waals surface area contributed by atoms with Crippen molar-refractivity contribution in [3.8, 4) is 5.75 Å². The van der Waals surface area contributed by atoms with Crippen LogP contribution in [0.3, 0.4) is 0 Å². The van der Waals surface area contributed by atoms with E-state index < -0.39 is 6.10 Å². The molecule has 2 aromatic carbocycles. The standard InChI is InChI=1S/C16H17BrO2/c1-10-4-6-12(7-5-10)16(18)13-9-14(17)11(2)8-15(13)19-3/h4-9,16,18H,1-3H3. The Morgan fingerprint density at radius 1 is 1.11 bits per heavy atom. The van der Waals surface area contributed by atoms with Crippen LogP contribution in [0, 0.1) is 13.8 Å². The lowest BCUT2D eigenvalue weighted by Crippen LogP contribution is -2.03. The first-order chi connectivity index (χ1) is 9.02. The molecule has 3 heteroatoms. The molecule has 0 fully saturated rings. The highest BCUT2D eigenvalue weighted by Gasteiger charge is 2.16. The van der Waals surface area contributed by atoms with Crippen LogP contribution in [0.4, 0.5) is 0 Å². The van der Waals surface area contributed by atoms with E-state index in [1.54, 1.807) is 7.11 Å². The lowest BCUT2D eigenvalue weighted by atomic mass is 9.98. The molecule has 2 aromatic rings. The quantitative estimate of drug-likeness (QED) is 0.920. The first-order valence-corrected chi connectivity index (χ1v) is 6.91. The number of ether oxygens (including phenoxy) is 1. The number of rotatable bonds is 3. The van der Waals surface area contributed by atoms with Crippen LogP contribution in [0.2, 0.25) is 0 Å². The van der Waals surface area contributed by atoms with Crippen LogP contribution in [0.25, 0.3) is 0 Å². The normalized spacial score (nSPS) is 12.3. The second-order valence-corrected chi connectivity index (χ2v) is 5.51. The topological polar surface area (TPSA) is 29.5 Å². The number of halogens is 1. The second kappa shape index (κ2) is 5.76. The van der Waals surface area contributed by atoms with Gasteiger partial charge in [-0.25, -0.2) is 0 Å². The minimum Gasteiger partial charge on any atom is -0.496 e. The van der Waals surface area contributed by atoms with Gasteiger partial charge in [-0.1, -0.05) is 45.8 Å². The maximum Gasteiger partial charge on any atom is 0.125 e. The number of aliphatic hydroxyl groups is 1. The molecule has 0 amide bonds. The molecule has 0 saturated carbocycles. The van der Waals surface area contributed by atoms with Crippen molar-refractivity contribution in [3.05, 3.63) is 63.1 Å². The van der Waals surface area contributed by atoms with Crippen molar-refractivity contribution in [2.24, 2.45) is 0 Å². The maximum atomic E-state index is 10.5. The monoisotopic (exact) mass is 320 g/mol.